The molecule has 0 saturated heterocycles. The third-order valence-electron chi connectivity index (χ3n) is 6.72. The summed E-state index contributed by atoms with van der Waals surface area (Å²) < 4.78 is 2.95. The molecule has 1 heterocycles. The Morgan fingerprint density at radius 3 is 2.56 bits per heavy atom. The van der Waals surface area contributed by atoms with Gasteiger partial charge in [0.1, 0.15) is 6.23 Å². The molecule has 6 N–H and O–H groups in total. The average molecular weight is 446 g/mol. The Labute approximate surface area is 187 Å². The molecule has 9 heteroatoms. The highest BCUT2D eigenvalue weighted by molar-refractivity contribution is 5.99. The van der Waals surface area contributed by atoms with E-state index >= 15 is 0 Å². The van der Waals surface area contributed by atoms with Crippen molar-refractivity contribution >= 4 is 22.8 Å². The van der Waals surface area contributed by atoms with Crippen molar-refractivity contribution in [3.8, 4) is 0 Å². The number of imidazole rings is 1. The van der Waals surface area contributed by atoms with Gasteiger partial charge in [-0.15, -0.1) is 0 Å². The van der Waals surface area contributed by atoms with Crippen LogP contribution in [0.3, 0.4) is 0 Å². The number of carbonyl (C=O) groups excluding carboxylic acids is 2. The summed E-state index contributed by atoms with van der Waals surface area (Å²) in [5.41, 5.74) is 11.9. The van der Waals surface area contributed by atoms with Gasteiger partial charge in [0.05, 0.1) is 17.6 Å². The highest BCUT2D eigenvalue weighted by Crippen LogP contribution is 2.43. The van der Waals surface area contributed by atoms with Crippen LogP contribution >= 0.6 is 0 Å². The largest absolute Gasteiger partial charge is 0.373 e. The molecule has 0 unspecified atom stereocenters. The minimum absolute atomic E-state index is 0.0353. The second kappa shape index (κ2) is 9.87. The number of nitrogens with two attached hydrogens (primary N) is 2. The van der Waals surface area contributed by atoms with Crippen molar-refractivity contribution in [2.24, 2.45) is 35.1 Å². The second-order valence-electron chi connectivity index (χ2n) is 9.35. The lowest BCUT2D eigenvalue weighted by atomic mass is 9.69. The summed E-state index contributed by atoms with van der Waals surface area (Å²) in [5, 5.41) is 13.9. The number of nitrogens with zero attached hydrogens (tertiary/aromatic N) is 2. The van der Waals surface area contributed by atoms with Gasteiger partial charge in [0.2, 0.25) is 5.91 Å². The molecule has 1 fully saturated rings. The molecule has 4 atom stereocenters. The molecule has 176 valence electrons. The molecule has 9 nitrogen and oxygen atoms in total. The fourth-order valence-corrected chi connectivity index (χ4v) is 5.10. The molecule has 0 aliphatic heterocycles. The normalized spacial score (nSPS) is 22.2. The summed E-state index contributed by atoms with van der Waals surface area (Å²) in [6.07, 6.45) is 2.04. The molecule has 3 rings (SSSR count). The lowest BCUT2D eigenvalue weighted by molar-refractivity contribution is -0.117. The van der Waals surface area contributed by atoms with E-state index in [1.54, 1.807) is 18.2 Å². The van der Waals surface area contributed by atoms with Gasteiger partial charge in [0.15, 0.2) is 0 Å². The summed E-state index contributed by atoms with van der Waals surface area (Å²) >= 11 is 0. The Hall–Kier alpha value is -2.65. The molecule has 1 aliphatic carbocycles. The summed E-state index contributed by atoms with van der Waals surface area (Å²) in [6, 6.07) is 4.84. The first-order valence-corrected chi connectivity index (χ1v) is 11.3. The van der Waals surface area contributed by atoms with E-state index in [9.17, 15) is 19.5 Å². The third-order valence-corrected chi connectivity index (χ3v) is 6.72. The van der Waals surface area contributed by atoms with E-state index in [1.165, 1.54) is 9.13 Å². The average Bonchev–Trinajstić information content (AvgIpc) is 3.02. The molecule has 2 amide bonds. The van der Waals surface area contributed by atoms with Gasteiger partial charge < -0.3 is 21.9 Å². The van der Waals surface area contributed by atoms with Gasteiger partial charge >= 0.3 is 5.69 Å². The topological polar surface area (TPSA) is 145 Å². The minimum atomic E-state index is -0.964. The van der Waals surface area contributed by atoms with Gasteiger partial charge in [-0.1, -0.05) is 27.2 Å². The standard InChI is InChI=1S/C23H35N5O4/c1-13(2)16-6-4-14(3)10-17(16)22(31)28-18-7-5-15(21(30)26-12-20(25)29)11-19(18)27(9-8-24)23(28)32/h5,7,11,13-14,16-17,22,31H,4,6,8-10,12,24H2,1-3H3,(H2,25,29)(H,26,30)/t14-,16+,17-,22+/m1/s1. The number of carbonyl (C=O) groups is 2. The minimum Gasteiger partial charge on any atom is -0.373 e. The predicted octanol–water partition coefficient (Wildman–Crippen LogP) is 1.18. The van der Waals surface area contributed by atoms with E-state index < -0.39 is 18.0 Å². The zero-order valence-corrected chi connectivity index (χ0v) is 19.1. The predicted molar refractivity (Wildman–Crippen MR) is 123 cm³/mol. The van der Waals surface area contributed by atoms with Crippen molar-refractivity contribution in [3.63, 3.8) is 0 Å². The summed E-state index contributed by atoms with van der Waals surface area (Å²) in [5.74, 6) is 0.0581. The second-order valence-corrected chi connectivity index (χ2v) is 9.35. The monoisotopic (exact) mass is 445 g/mol. The fraction of sp³-hybridized carbons (Fsp3) is 0.609. The number of primary amides is 1. The molecule has 32 heavy (non-hydrogen) atoms. The van der Waals surface area contributed by atoms with Crippen molar-refractivity contribution < 1.29 is 14.7 Å². The zero-order valence-electron chi connectivity index (χ0n) is 19.1. The molecular formula is C23H35N5O4. The van der Waals surface area contributed by atoms with Gasteiger partial charge in [-0.05, 0) is 48.8 Å². The van der Waals surface area contributed by atoms with Crippen LogP contribution in [0.25, 0.3) is 11.0 Å². The van der Waals surface area contributed by atoms with E-state index in [1.807, 2.05) is 0 Å². The highest BCUT2D eigenvalue weighted by atomic mass is 16.3. The van der Waals surface area contributed by atoms with Crippen LogP contribution in [0.5, 0.6) is 0 Å². The number of amides is 2. The van der Waals surface area contributed by atoms with Crippen LogP contribution in [-0.2, 0) is 11.3 Å². The fourth-order valence-electron chi connectivity index (χ4n) is 5.10. The first kappa shape index (κ1) is 24.0. The van der Waals surface area contributed by atoms with Crippen molar-refractivity contribution in [1.82, 2.24) is 14.5 Å². The number of aliphatic hydroxyl groups excluding tert-OH is 1. The van der Waals surface area contributed by atoms with E-state index in [0.717, 1.165) is 19.3 Å². The van der Waals surface area contributed by atoms with Crippen molar-refractivity contribution in [1.29, 1.82) is 0 Å². The van der Waals surface area contributed by atoms with Gasteiger partial charge in [0.25, 0.3) is 5.91 Å². The maximum atomic E-state index is 13.4. The SMILES string of the molecule is CC(C)[C@@H]1CC[C@@H](C)C[C@H]1[C@H](O)n1c(=O)n(CCN)c2cc(C(=O)NCC(N)=O)ccc21. The van der Waals surface area contributed by atoms with Crippen LogP contribution in [0.1, 0.15) is 56.6 Å². The van der Waals surface area contributed by atoms with Crippen LogP contribution < -0.4 is 22.5 Å². The number of aliphatic hydroxyl groups is 1. The number of fused-ring (bicyclic) bond motifs is 1. The molecule has 1 aromatic carbocycles. The van der Waals surface area contributed by atoms with Crippen LogP contribution in [-0.4, -0.2) is 39.1 Å². The Bertz CT molecular complexity index is 1040. The van der Waals surface area contributed by atoms with Gasteiger partial charge in [-0.25, -0.2) is 4.79 Å². The quantitative estimate of drug-likeness (QED) is 0.482. The van der Waals surface area contributed by atoms with Crippen LogP contribution in [0.15, 0.2) is 23.0 Å². The molecule has 0 bridgehead atoms. The van der Waals surface area contributed by atoms with Crippen LogP contribution in [0.4, 0.5) is 0 Å². The number of hydrogen-bond donors (Lipinski definition) is 4. The number of aromatic nitrogens is 2. The van der Waals surface area contributed by atoms with E-state index in [4.69, 9.17) is 11.5 Å². The Morgan fingerprint density at radius 1 is 1.22 bits per heavy atom. The summed E-state index contributed by atoms with van der Waals surface area (Å²) in [6.45, 7) is 6.74. The first-order valence-electron chi connectivity index (χ1n) is 11.3. The Balaban J connectivity index is 2.06. The number of rotatable bonds is 8. The summed E-state index contributed by atoms with van der Waals surface area (Å²) in [4.78, 5) is 36.7. The van der Waals surface area contributed by atoms with Crippen molar-refractivity contribution in [2.75, 3.05) is 13.1 Å². The van der Waals surface area contributed by atoms with E-state index in [0.29, 0.717) is 34.4 Å². The number of benzene rings is 1. The Morgan fingerprint density at radius 2 is 1.94 bits per heavy atom. The van der Waals surface area contributed by atoms with Gasteiger partial charge in [0, 0.05) is 24.6 Å². The Kier molecular flexibility index (Phi) is 7.40. The first-order chi connectivity index (χ1) is 15.1. The zero-order chi connectivity index (χ0) is 23.6. The lowest BCUT2D eigenvalue weighted by Crippen LogP contribution is -2.38. The molecule has 1 aliphatic rings. The van der Waals surface area contributed by atoms with Gasteiger partial charge in [-0.3, -0.25) is 18.7 Å². The summed E-state index contributed by atoms with van der Waals surface area (Å²) in [7, 11) is 0. The lowest BCUT2D eigenvalue weighted by Gasteiger charge is -2.40. The molecular weight excluding hydrogens is 410 g/mol. The maximum absolute atomic E-state index is 13.4. The smallest absolute Gasteiger partial charge is 0.331 e. The van der Waals surface area contributed by atoms with Crippen LogP contribution in [0.2, 0.25) is 0 Å². The van der Waals surface area contributed by atoms with E-state index in [2.05, 4.69) is 26.1 Å². The maximum Gasteiger partial charge on any atom is 0.331 e. The number of hydrogen-bond acceptors (Lipinski definition) is 5. The van der Waals surface area contributed by atoms with Crippen molar-refractivity contribution in [2.45, 2.75) is 52.8 Å². The molecule has 1 aromatic heterocycles. The molecule has 2 aromatic rings. The van der Waals surface area contributed by atoms with Gasteiger partial charge in [-0.2, -0.15) is 0 Å². The van der Waals surface area contributed by atoms with Crippen molar-refractivity contribution in [3.05, 3.63) is 34.2 Å². The molecule has 0 radical (unpaired) electrons. The highest BCUT2D eigenvalue weighted by Gasteiger charge is 2.37. The van der Waals surface area contributed by atoms with E-state index in [-0.39, 0.29) is 31.2 Å². The molecule has 1 saturated carbocycles. The third kappa shape index (κ3) is 4.73. The van der Waals surface area contributed by atoms with Crippen LogP contribution in [0, 0.1) is 23.7 Å². The molecule has 0 spiro atoms. The number of nitrogens with one attached hydrogen (secondary N) is 1.